The van der Waals surface area contributed by atoms with Crippen LogP contribution in [-0.2, 0) is 0 Å². The van der Waals surface area contributed by atoms with Crippen LogP contribution in [0.15, 0.2) is 42.5 Å². The van der Waals surface area contributed by atoms with Gasteiger partial charge in [-0.2, -0.15) is 0 Å². The highest BCUT2D eigenvalue weighted by atomic mass is 16.2. The molecule has 0 aliphatic heterocycles. The zero-order valence-electron chi connectivity index (χ0n) is 12.9. The zero-order chi connectivity index (χ0) is 16.3. The molecule has 0 radical (unpaired) electrons. The maximum absolute atomic E-state index is 12.6. The van der Waals surface area contributed by atoms with Crippen molar-refractivity contribution in [3.8, 4) is 11.1 Å². The highest BCUT2D eigenvalue weighted by Gasteiger charge is 2.33. The molecule has 1 aliphatic carbocycles. The third kappa shape index (κ3) is 1.70. The summed E-state index contributed by atoms with van der Waals surface area (Å²) in [6.45, 7) is 3.97. The topological polar surface area (TPSA) is 60.2 Å². The number of fused-ring (bicyclic) bond motifs is 5. The Morgan fingerprint density at radius 2 is 1.43 bits per heavy atom. The Balaban J connectivity index is 2.31. The van der Waals surface area contributed by atoms with E-state index in [1.807, 2.05) is 44.2 Å². The molecule has 1 aliphatic rings. The predicted molar refractivity (Wildman–Crippen MR) is 91.9 cm³/mol. The number of nitrogen functional groups attached to an aromatic ring is 1. The second-order valence-corrected chi connectivity index (χ2v) is 6.04. The molecular formula is C20H15NO2. The van der Waals surface area contributed by atoms with Gasteiger partial charge in [0.1, 0.15) is 0 Å². The van der Waals surface area contributed by atoms with Crippen LogP contribution in [0.2, 0.25) is 0 Å². The van der Waals surface area contributed by atoms with E-state index in [1.165, 1.54) is 0 Å². The van der Waals surface area contributed by atoms with Gasteiger partial charge in [0.2, 0.25) is 11.6 Å². The summed E-state index contributed by atoms with van der Waals surface area (Å²) in [6.07, 6.45) is 0. The second-order valence-electron chi connectivity index (χ2n) is 6.04. The van der Waals surface area contributed by atoms with Gasteiger partial charge in [-0.3, -0.25) is 9.59 Å². The molecule has 2 N–H and O–H groups in total. The van der Waals surface area contributed by atoms with Crippen LogP contribution < -0.4 is 5.73 Å². The first-order valence-corrected chi connectivity index (χ1v) is 7.51. The molecule has 0 unspecified atom stereocenters. The van der Waals surface area contributed by atoms with E-state index in [-0.39, 0.29) is 0 Å². The molecule has 0 saturated carbocycles. The number of carbonyl (C=O) groups excluding carboxylic acids is 2. The molecule has 112 valence electrons. The molecular weight excluding hydrogens is 286 g/mol. The molecule has 0 bridgehead atoms. The monoisotopic (exact) mass is 301 g/mol. The normalized spacial score (nSPS) is 13.1. The van der Waals surface area contributed by atoms with Gasteiger partial charge < -0.3 is 5.73 Å². The van der Waals surface area contributed by atoms with Crippen molar-refractivity contribution in [2.75, 3.05) is 5.73 Å². The predicted octanol–water partition coefficient (Wildman–Crippen LogP) is 4.08. The third-order valence-electron chi connectivity index (χ3n) is 4.62. The van der Waals surface area contributed by atoms with Gasteiger partial charge in [-0.15, -0.1) is 0 Å². The van der Waals surface area contributed by atoms with Crippen LogP contribution in [0.5, 0.6) is 0 Å². The van der Waals surface area contributed by atoms with E-state index in [2.05, 4.69) is 0 Å². The molecule has 0 aromatic heterocycles. The van der Waals surface area contributed by atoms with E-state index in [1.54, 1.807) is 12.1 Å². The summed E-state index contributed by atoms with van der Waals surface area (Å²) in [6, 6.07) is 13.1. The fraction of sp³-hybridized carbons (Fsp3) is 0.100. The van der Waals surface area contributed by atoms with E-state index >= 15 is 0 Å². The molecule has 0 spiro atoms. The Hall–Kier alpha value is -2.94. The van der Waals surface area contributed by atoms with Gasteiger partial charge in [-0.1, -0.05) is 36.4 Å². The number of ketones is 2. The minimum absolute atomic E-state index is 0.413. The summed E-state index contributed by atoms with van der Waals surface area (Å²) in [7, 11) is 0. The van der Waals surface area contributed by atoms with Gasteiger partial charge in [0.15, 0.2) is 0 Å². The number of aryl methyl sites for hydroxylation is 2. The summed E-state index contributed by atoms with van der Waals surface area (Å²) >= 11 is 0. The van der Waals surface area contributed by atoms with E-state index in [4.69, 9.17) is 5.73 Å². The number of nitrogens with two attached hydrogens (primary N) is 1. The SMILES string of the molecule is Cc1cccc2c1-c1c(cc(N)c3cccc(C)c13)C(=O)C2=O. The average molecular weight is 301 g/mol. The number of Topliss-reactive ketones (excluding diaryl/α,β-unsaturated/α-hetero) is 2. The Labute approximate surface area is 133 Å². The standard InChI is InChI=1S/C20H15NO2/c1-10-5-3-7-12-15(21)9-14-18(16(10)12)17-11(2)6-4-8-13(17)19(22)20(14)23/h3-9H,21H2,1-2H3. The summed E-state index contributed by atoms with van der Waals surface area (Å²) in [4.78, 5) is 25.1. The molecule has 0 fully saturated rings. The average Bonchev–Trinajstić information content (AvgIpc) is 2.53. The van der Waals surface area contributed by atoms with Crippen molar-refractivity contribution in [1.82, 2.24) is 0 Å². The van der Waals surface area contributed by atoms with E-state index in [9.17, 15) is 9.59 Å². The lowest BCUT2D eigenvalue weighted by Gasteiger charge is -2.23. The largest absolute Gasteiger partial charge is 0.398 e. The fourth-order valence-corrected chi connectivity index (χ4v) is 3.55. The number of benzene rings is 3. The van der Waals surface area contributed by atoms with E-state index in [0.717, 1.165) is 33.0 Å². The van der Waals surface area contributed by atoms with E-state index in [0.29, 0.717) is 16.8 Å². The molecule has 3 aromatic rings. The summed E-state index contributed by atoms with van der Waals surface area (Å²) < 4.78 is 0. The van der Waals surface area contributed by atoms with Crippen LogP contribution in [0.4, 0.5) is 5.69 Å². The molecule has 4 rings (SSSR count). The van der Waals surface area contributed by atoms with Crippen molar-refractivity contribution in [2.45, 2.75) is 13.8 Å². The van der Waals surface area contributed by atoms with Crippen molar-refractivity contribution < 1.29 is 9.59 Å². The fourth-order valence-electron chi connectivity index (χ4n) is 3.55. The van der Waals surface area contributed by atoms with Gasteiger partial charge in [-0.25, -0.2) is 0 Å². The van der Waals surface area contributed by atoms with Crippen molar-refractivity contribution in [1.29, 1.82) is 0 Å². The van der Waals surface area contributed by atoms with Crippen LogP contribution in [0, 0.1) is 13.8 Å². The Bertz CT molecular complexity index is 1030. The van der Waals surface area contributed by atoms with Crippen LogP contribution >= 0.6 is 0 Å². The van der Waals surface area contributed by atoms with Gasteiger partial charge in [0.25, 0.3) is 0 Å². The molecule has 23 heavy (non-hydrogen) atoms. The Kier molecular flexibility index (Phi) is 2.70. The van der Waals surface area contributed by atoms with Gasteiger partial charge in [-0.05, 0) is 42.0 Å². The summed E-state index contributed by atoms with van der Waals surface area (Å²) in [5.74, 6) is -0.932. The van der Waals surface area contributed by atoms with E-state index < -0.39 is 11.6 Å². The van der Waals surface area contributed by atoms with Crippen LogP contribution in [0.25, 0.3) is 21.9 Å². The first-order chi connectivity index (χ1) is 11.0. The van der Waals surface area contributed by atoms with Crippen molar-refractivity contribution in [2.24, 2.45) is 0 Å². The van der Waals surface area contributed by atoms with Gasteiger partial charge in [0.05, 0.1) is 0 Å². The second kappa shape index (κ2) is 4.53. The van der Waals surface area contributed by atoms with Gasteiger partial charge >= 0.3 is 0 Å². The molecule has 0 atom stereocenters. The maximum Gasteiger partial charge on any atom is 0.234 e. The smallest absolute Gasteiger partial charge is 0.234 e. The molecule has 3 aromatic carbocycles. The van der Waals surface area contributed by atoms with Crippen LogP contribution in [-0.4, -0.2) is 11.6 Å². The third-order valence-corrected chi connectivity index (χ3v) is 4.62. The van der Waals surface area contributed by atoms with Gasteiger partial charge in [0, 0.05) is 27.8 Å². The lowest BCUT2D eigenvalue weighted by Crippen LogP contribution is -2.22. The minimum Gasteiger partial charge on any atom is -0.398 e. The highest BCUT2D eigenvalue weighted by Crippen LogP contribution is 2.43. The Morgan fingerprint density at radius 3 is 2.22 bits per heavy atom. The maximum atomic E-state index is 12.6. The number of hydrogen-bond donors (Lipinski definition) is 1. The first-order valence-electron chi connectivity index (χ1n) is 7.51. The lowest BCUT2D eigenvalue weighted by atomic mass is 9.78. The lowest BCUT2D eigenvalue weighted by molar-refractivity contribution is 0.0815. The Morgan fingerprint density at radius 1 is 0.783 bits per heavy atom. The molecule has 3 nitrogen and oxygen atoms in total. The van der Waals surface area contributed by atoms with Crippen molar-refractivity contribution in [3.63, 3.8) is 0 Å². The van der Waals surface area contributed by atoms with Crippen molar-refractivity contribution >= 4 is 28.0 Å². The quantitative estimate of drug-likeness (QED) is 0.502. The van der Waals surface area contributed by atoms with Crippen LogP contribution in [0.1, 0.15) is 31.8 Å². The zero-order valence-corrected chi connectivity index (χ0v) is 12.9. The number of anilines is 1. The first kappa shape index (κ1) is 13.7. The van der Waals surface area contributed by atoms with Crippen LogP contribution in [0.3, 0.4) is 0 Å². The number of rotatable bonds is 0. The summed E-state index contributed by atoms with van der Waals surface area (Å²) in [5.41, 5.74) is 11.3. The highest BCUT2D eigenvalue weighted by molar-refractivity contribution is 6.54. The molecule has 0 amide bonds. The molecule has 0 heterocycles. The molecule has 0 saturated heterocycles. The minimum atomic E-state index is -0.477. The van der Waals surface area contributed by atoms with Crippen molar-refractivity contribution in [3.05, 3.63) is 64.7 Å². The summed E-state index contributed by atoms with van der Waals surface area (Å²) in [5, 5.41) is 1.87. The molecule has 3 heteroatoms. The number of hydrogen-bond acceptors (Lipinski definition) is 3. The number of carbonyl (C=O) groups is 2.